The molecule has 0 aliphatic rings. The molecule has 0 saturated carbocycles. The average Bonchev–Trinajstić information content (AvgIpc) is 2.77. The number of carbonyl (C=O) groups excluding carboxylic acids is 1. The first-order chi connectivity index (χ1) is 9.38. The van der Waals surface area contributed by atoms with E-state index in [1.54, 1.807) is 6.07 Å². The van der Waals surface area contributed by atoms with E-state index in [4.69, 9.17) is 5.11 Å². The summed E-state index contributed by atoms with van der Waals surface area (Å²) in [5, 5.41) is 11.8. The maximum absolute atomic E-state index is 13.7. The molecule has 0 spiro atoms. The Labute approximate surface area is 125 Å². The molecule has 20 heavy (non-hydrogen) atoms. The Balaban J connectivity index is 2.37. The Hall–Kier alpha value is -1.80. The number of benzene rings is 1. The second kappa shape index (κ2) is 5.68. The predicted molar refractivity (Wildman–Crippen MR) is 76.5 cm³/mol. The van der Waals surface area contributed by atoms with Gasteiger partial charge >= 0.3 is 5.97 Å². The van der Waals surface area contributed by atoms with Crippen molar-refractivity contribution in [3.63, 3.8) is 0 Å². The highest BCUT2D eigenvalue weighted by Crippen LogP contribution is 2.28. The van der Waals surface area contributed by atoms with E-state index in [0.717, 1.165) is 11.3 Å². The summed E-state index contributed by atoms with van der Waals surface area (Å²) in [6.07, 6.45) is 0. The average molecular weight is 359 g/mol. The van der Waals surface area contributed by atoms with Crippen molar-refractivity contribution in [3.05, 3.63) is 39.1 Å². The number of halogens is 2. The molecule has 1 aromatic carbocycles. The number of rotatable bonds is 4. The molecule has 2 aromatic rings. The van der Waals surface area contributed by atoms with Crippen LogP contribution in [-0.4, -0.2) is 21.8 Å². The second-order valence-electron chi connectivity index (χ2n) is 3.81. The lowest BCUT2D eigenvalue weighted by Crippen LogP contribution is -2.03. The fourth-order valence-electron chi connectivity index (χ4n) is 1.46. The molecule has 0 radical (unpaired) electrons. The topological polar surface area (TPSA) is 79.3 Å². The molecule has 5 nitrogen and oxygen atoms in total. The summed E-state index contributed by atoms with van der Waals surface area (Å²) < 4.78 is 14.2. The van der Waals surface area contributed by atoms with Gasteiger partial charge in [0.05, 0.1) is 5.69 Å². The fourth-order valence-corrected chi connectivity index (χ4v) is 2.66. The van der Waals surface area contributed by atoms with Crippen molar-refractivity contribution in [1.29, 1.82) is 0 Å². The number of hydrogen-bond acceptors (Lipinski definition) is 5. The zero-order valence-corrected chi connectivity index (χ0v) is 12.5. The van der Waals surface area contributed by atoms with Crippen LogP contribution in [0.1, 0.15) is 27.1 Å². The van der Waals surface area contributed by atoms with Crippen LogP contribution in [0.2, 0.25) is 0 Å². The molecule has 0 fully saturated rings. The number of aromatic nitrogens is 1. The van der Waals surface area contributed by atoms with E-state index < -0.39 is 17.6 Å². The second-order valence-corrected chi connectivity index (χ2v) is 5.72. The van der Waals surface area contributed by atoms with E-state index in [2.05, 4.69) is 26.2 Å². The monoisotopic (exact) mass is 358 g/mol. The first-order valence-corrected chi connectivity index (χ1v) is 6.96. The number of carboxylic acids is 1. The van der Waals surface area contributed by atoms with Gasteiger partial charge in [-0.25, -0.2) is 14.2 Å². The van der Waals surface area contributed by atoms with Gasteiger partial charge < -0.3 is 10.4 Å². The van der Waals surface area contributed by atoms with Crippen molar-refractivity contribution in [3.8, 4) is 0 Å². The third-order valence-corrected chi connectivity index (χ3v) is 3.89. The first-order valence-electron chi connectivity index (χ1n) is 5.35. The first kappa shape index (κ1) is 14.6. The molecule has 1 heterocycles. The van der Waals surface area contributed by atoms with Gasteiger partial charge in [0, 0.05) is 11.4 Å². The van der Waals surface area contributed by atoms with Gasteiger partial charge in [-0.2, -0.15) is 0 Å². The highest BCUT2D eigenvalue weighted by molar-refractivity contribution is 9.10. The van der Waals surface area contributed by atoms with Crippen LogP contribution in [0.15, 0.2) is 22.7 Å². The van der Waals surface area contributed by atoms with Crippen LogP contribution in [0.25, 0.3) is 0 Å². The van der Waals surface area contributed by atoms with E-state index in [-0.39, 0.29) is 21.4 Å². The van der Waals surface area contributed by atoms with Crippen LogP contribution in [0.5, 0.6) is 0 Å². The van der Waals surface area contributed by atoms with Crippen LogP contribution < -0.4 is 5.32 Å². The highest BCUT2D eigenvalue weighted by atomic mass is 79.9. The minimum atomic E-state index is -1.30. The van der Waals surface area contributed by atoms with Crippen LogP contribution in [-0.2, 0) is 0 Å². The third kappa shape index (κ3) is 3.02. The lowest BCUT2D eigenvalue weighted by Gasteiger charge is -2.03. The van der Waals surface area contributed by atoms with Gasteiger partial charge in [0.15, 0.2) is 16.6 Å². The molecule has 104 valence electrons. The zero-order chi connectivity index (χ0) is 14.9. The zero-order valence-electron chi connectivity index (χ0n) is 10.1. The van der Waals surface area contributed by atoms with E-state index in [9.17, 15) is 14.0 Å². The van der Waals surface area contributed by atoms with E-state index in [1.807, 2.05) is 0 Å². The van der Waals surface area contributed by atoms with Gasteiger partial charge in [-0.05, 0) is 18.2 Å². The van der Waals surface area contributed by atoms with Crippen LogP contribution in [0.3, 0.4) is 0 Å². The molecule has 0 saturated heterocycles. The summed E-state index contributed by atoms with van der Waals surface area (Å²) >= 11 is 4.01. The van der Waals surface area contributed by atoms with Gasteiger partial charge in [-0.3, -0.25) is 4.79 Å². The summed E-state index contributed by atoms with van der Waals surface area (Å²) in [5.74, 6) is -2.21. The molecule has 0 aliphatic heterocycles. The highest BCUT2D eigenvalue weighted by Gasteiger charge is 2.21. The van der Waals surface area contributed by atoms with Gasteiger partial charge in [-0.1, -0.05) is 27.3 Å². The Morgan fingerprint density at radius 3 is 2.65 bits per heavy atom. The number of carboxylic acid groups (broad SMARTS) is 1. The maximum atomic E-state index is 13.7. The minimum absolute atomic E-state index is 0.0255. The van der Waals surface area contributed by atoms with Crippen LogP contribution in [0, 0.1) is 5.82 Å². The van der Waals surface area contributed by atoms with Gasteiger partial charge in [0.2, 0.25) is 0 Å². The Morgan fingerprint density at radius 2 is 2.15 bits per heavy atom. The summed E-state index contributed by atoms with van der Waals surface area (Å²) in [4.78, 5) is 26.2. The van der Waals surface area contributed by atoms with Crippen LogP contribution in [0.4, 0.5) is 15.2 Å². The summed E-state index contributed by atoms with van der Waals surface area (Å²) in [6, 6.07) is 4.37. The van der Waals surface area contributed by atoms with Gasteiger partial charge in [0.25, 0.3) is 0 Å². The largest absolute Gasteiger partial charge is 0.476 e. The van der Waals surface area contributed by atoms with Crippen molar-refractivity contribution in [1.82, 2.24) is 4.98 Å². The maximum Gasteiger partial charge on any atom is 0.356 e. The minimum Gasteiger partial charge on any atom is -0.476 e. The molecule has 0 aliphatic carbocycles. The number of aromatic carboxylic acids is 1. The Bertz CT molecular complexity index is 671. The third-order valence-electron chi connectivity index (χ3n) is 2.32. The predicted octanol–water partition coefficient (Wildman–Crippen LogP) is 3.69. The molecule has 0 atom stereocenters. The lowest BCUT2D eigenvalue weighted by atomic mass is 10.3. The Morgan fingerprint density at radius 1 is 1.45 bits per heavy atom. The molecule has 2 N–H and O–H groups in total. The van der Waals surface area contributed by atoms with Crippen molar-refractivity contribution < 1.29 is 19.1 Å². The molecule has 2 rings (SSSR count). The molecular weight excluding hydrogens is 351 g/mol. The molecule has 0 amide bonds. The van der Waals surface area contributed by atoms with Crippen molar-refractivity contribution in [2.75, 3.05) is 5.32 Å². The van der Waals surface area contributed by atoms with Gasteiger partial charge in [0.1, 0.15) is 10.7 Å². The smallest absolute Gasteiger partial charge is 0.356 e. The van der Waals surface area contributed by atoms with E-state index in [1.165, 1.54) is 19.1 Å². The number of thiazole rings is 1. The normalized spacial score (nSPS) is 10.3. The van der Waals surface area contributed by atoms with Crippen molar-refractivity contribution >= 4 is 49.8 Å². The number of hydrogen-bond donors (Lipinski definition) is 2. The molecule has 0 unspecified atom stereocenters. The molecular formula is C12H8BrFN2O3S. The SMILES string of the molecule is CC(=O)c1sc(Nc2ccc(Br)cc2F)nc1C(=O)O. The summed E-state index contributed by atoms with van der Waals surface area (Å²) in [7, 11) is 0. The van der Waals surface area contributed by atoms with Crippen molar-refractivity contribution in [2.24, 2.45) is 0 Å². The van der Waals surface area contributed by atoms with Crippen molar-refractivity contribution in [2.45, 2.75) is 6.92 Å². The van der Waals surface area contributed by atoms with Gasteiger partial charge in [-0.15, -0.1) is 0 Å². The number of anilines is 2. The number of nitrogens with zero attached hydrogens (tertiary/aromatic N) is 1. The number of ketones is 1. The standard InChI is InChI=1S/C12H8BrFN2O3S/c1-5(17)10-9(11(18)19)16-12(20-10)15-8-3-2-6(13)4-7(8)14/h2-4H,1H3,(H,15,16)(H,18,19). The number of carbonyl (C=O) groups is 2. The summed E-state index contributed by atoms with van der Waals surface area (Å²) in [6.45, 7) is 1.25. The summed E-state index contributed by atoms with van der Waals surface area (Å²) in [5.41, 5.74) is -0.184. The fraction of sp³-hybridized carbons (Fsp3) is 0.0833. The number of nitrogens with one attached hydrogen (secondary N) is 1. The lowest BCUT2D eigenvalue weighted by molar-refractivity contribution is 0.0687. The van der Waals surface area contributed by atoms with E-state index >= 15 is 0 Å². The number of Topliss-reactive ketones (excluding diaryl/α,β-unsaturated/α-hetero) is 1. The van der Waals surface area contributed by atoms with Crippen LogP contribution >= 0.6 is 27.3 Å². The Kier molecular flexibility index (Phi) is 4.15. The van der Waals surface area contributed by atoms with E-state index in [0.29, 0.717) is 4.47 Å². The quantitative estimate of drug-likeness (QED) is 0.814. The molecule has 0 bridgehead atoms. The molecule has 8 heteroatoms. The molecule has 1 aromatic heterocycles.